The van der Waals surface area contributed by atoms with Crippen molar-refractivity contribution in [3.63, 3.8) is 0 Å². The number of ketones is 1. The molecule has 0 aromatic heterocycles. The van der Waals surface area contributed by atoms with Gasteiger partial charge in [-0.1, -0.05) is 48.9 Å². The molecule has 5 nitrogen and oxygen atoms in total. The van der Waals surface area contributed by atoms with E-state index in [0.29, 0.717) is 11.6 Å². The summed E-state index contributed by atoms with van der Waals surface area (Å²) in [5.74, 6) is -3.21. The minimum Gasteiger partial charge on any atom is -0.505 e. The van der Waals surface area contributed by atoms with Crippen LogP contribution in [0.25, 0.3) is 11.1 Å². The van der Waals surface area contributed by atoms with Crippen LogP contribution in [0.2, 0.25) is 5.02 Å². The second kappa shape index (κ2) is 8.41. The summed E-state index contributed by atoms with van der Waals surface area (Å²) < 4.78 is 56.2. The van der Waals surface area contributed by atoms with Crippen molar-refractivity contribution in [1.82, 2.24) is 0 Å². The number of anilines is 1. The fraction of sp³-hybridized carbons (Fsp3) is 0.0952. The lowest BCUT2D eigenvalue weighted by atomic mass is 10.0. The molecule has 3 rings (SSSR count). The molecular formula is C21H16ClF2NO4S. The number of carbonyl (C=O) groups is 1. The fourth-order valence-electron chi connectivity index (χ4n) is 2.81. The molecule has 0 aliphatic heterocycles. The first-order valence-electron chi connectivity index (χ1n) is 8.77. The lowest BCUT2D eigenvalue weighted by Crippen LogP contribution is -2.15. The molecule has 9 heteroatoms. The van der Waals surface area contributed by atoms with Crippen LogP contribution in [-0.4, -0.2) is 19.3 Å². The summed E-state index contributed by atoms with van der Waals surface area (Å²) in [5.41, 5.74) is -0.160. The average Bonchev–Trinajstić information content (AvgIpc) is 2.71. The van der Waals surface area contributed by atoms with Crippen molar-refractivity contribution >= 4 is 33.1 Å². The van der Waals surface area contributed by atoms with Crippen LogP contribution in [0.1, 0.15) is 23.7 Å². The molecule has 3 aromatic rings. The summed E-state index contributed by atoms with van der Waals surface area (Å²) in [6.45, 7) is 1.58. The zero-order valence-corrected chi connectivity index (χ0v) is 17.2. The summed E-state index contributed by atoms with van der Waals surface area (Å²) in [4.78, 5) is 11.3. The summed E-state index contributed by atoms with van der Waals surface area (Å²) in [6.07, 6.45) is 0.0844. The van der Waals surface area contributed by atoms with Gasteiger partial charge in [-0.3, -0.25) is 9.52 Å². The number of hydrogen-bond acceptors (Lipinski definition) is 4. The minimum absolute atomic E-state index is 0.0214. The first kappa shape index (κ1) is 21.7. The van der Waals surface area contributed by atoms with E-state index in [1.807, 2.05) is 4.72 Å². The van der Waals surface area contributed by atoms with Gasteiger partial charge in [0, 0.05) is 23.6 Å². The summed E-state index contributed by atoms with van der Waals surface area (Å²) in [6, 6.07) is 11.9. The van der Waals surface area contributed by atoms with Gasteiger partial charge in [0.25, 0.3) is 10.0 Å². The highest BCUT2D eigenvalue weighted by Gasteiger charge is 2.25. The van der Waals surface area contributed by atoms with Crippen molar-refractivity contribution in [2.45, 2.75) is 18.2 Å². The monoisotopic (exact) mass is 451 g/mol. The van der Waals surface area contributed by atoms with Crippen molar-refractivity contribution in [3.8, 4) is 16.9 Å². The van der Waals surface area contributed by atoms with Crippen LogP contribution in [-0.2, 0) is 10.0 Å². The van der Waals surface area contributed by atoms with Crippen molar-refractivity contribution in [1.29, 1.82) is 0 Å². The first-order valence-corrected chi connectivity index (χ1v) is 10.6. The number of hydrogen-bond donors (Lipinski definition) is 2. The maximum absolute atomic E-state index is 14.3. The number of halogens is 3. The van der Waals surface area contributed by atoms with Crippen molar-refractivity contribution < 1.29 is 27.1 Å². The van der Waals surface area contributed by atoms with Gasteiger partial charge in [0.05, 0.1) is 10.7 Å². The maximum Gasteiger partial charge on any atom is 0.265 e. The van der Waals surface area contributed by atoms with Crippen LogP contribution in [0.3, 0.4) is 0 Å². The van der Waals surface area contributed by atoms with E-state index < -0.39 is 43.8 Å². The molecular weight excluding hydrogens is 436 g/mol. The third-order valence-electron chi connectivity index (χ3n) is 4.35. The normalized spacial score (nSPS) is 11.3. The Morgan fingerprint density at radius 3 is 2.37 bits per heavy atom. The Balaban J connectivity index is 2.08. The van der Waals surface area contributed by atoms with Crippen molar-refractivity contribution in [2.75, 3.05) is 4.72 Å². The SMILES string of the molecule is CCC(=O)c1cc(Cl)c(O)c(S(=O)(=O)Nc2cc(-c3ccccc3)c(F)cc2F)c1. The largest absolute Gasteiger partial charge is 0.505 e. The van der Waals surface area contributed by atoms with Gasteiger partial charge in [-0.15, -0.1) is 0 Å². The third-order valence-corrected chi connectivity index (χ3v) is 6.01. The standard InChI is InChI=1S/C21H16ClF2NO4S/c1-2-19(26)13-8-15(22)21(27)20(9-13)30(28,29)25-18-10-14(16(23)11-17(18)24)12-6-4-3-5-7-12/h3-11,25,27H,2H2,1H3. The number of Topliss-reactive ketones (excluding diaryl/α,β-unsaturated/α-hetero) is 1. The van der Waals surface area contributed by atoms with Crippen LogP contribution in [0.5, 0.6) is 5.75 Å². The molecule has 3 aromatic carbocycles. The summed E-state index contributed by atoms with van der Waals surface area (Å²) in [5, 5.41) is 9.77. The topological polar surface area (TPSA) is 83.5 Å². The Morgan fingerprint density at radius 1 is 1.07 bits per heavy atom. The Morgan fingerprint density at radius 2 is 1.73 bits per heavy atom. The molecule has 0 unspecified atom stereocenters. The van der Waals surface area contributed by atoms with Crippen molar-refractivity contribution in [2.24, 2.45) is 0 Å². The number of sulfonamides is 1. The molecule has 0 spiro atoms. The minimum atomic E-state index is -4.56. The van der Waals surface area contributed by atoms with E-state index in [-0.39, 0.29) is 22.6 Å². The third kappa shape index (κ3) is 4.29. The molecule has 2 N–H and O–H groups in total. The lowest BCUT2D eigenvalue weighted by Gasteiger charge is -2.14. The predicted molar refractivity (Wildman–Crippen MR) is 110 cm³/mol. The Labute approximate surface area is 177 Å². The number of aromatic hydroxyl groups is 1. The smallest absolute Gasteiger partial charge is 0.265 e. The molecule has 0 heterocycles. The second-order valence-corrected chi connectivity index (χ2v) is 8.42. The highest BCUT2D eigenvalue weighted by atomic mass is 35.5. The molecule has 0 bridgehead atoms. The van der Waals surface area contributed by atoms with Gasteiger partial charge >= 0.3 is 0 Å². The van der Waals surface area contributed by atoms with Gasteiger partial charge in [0.1, 0.15) is 16.5 Å². The highest BCUT2D eigenvalue weighted by Crippen LogP contribution is 2.35. The Bertz CT molecular complexity index is 1230. The van der Waals surface area contributed by atoms with Gasteiger partial charge in [-0.25, -0.2) is 17.2 Å². The summed E-state index contributed by atoms with van der Waals surface area (Å²) >= 11 is 5.87. The molecule has 0 aliphatic carbocycles. The van der Waals surface area contributed by atoms with Gasteiger partial charge in [0.2, 0.25) is 0 Å². The maximum atomic E-state index is 14.3. The van der Waals surface area contributed by atoms with Crippen LogP contribution in [0.4, 0.5) is 14.5 Å². The molecule has 0 aliphatic rings. The summed E-state index contributed by atoms with van der Waals surface area (Å²) in [7, 11) is -4.56. The first-order chi connectivity index (χ1) is 14.1. The molecule has 0 amide bonds. The van der Waals surface area contributed by atoms with Crippen LogP contribution in [0, 0.1) is 11.6 Å². The zero-order chi connectivity index (χ0) is 22.1. The highest BCUT2D eigenvalue weighted by molar-refractivity contribution is 7.92. The molecule has 0 saturated heterocycles. The van der Waals surface area contributed by atoms with Crippen molar-refractivity contribution in [3.05, 3.63) is 76.8 Å². The number of phenols is 1. The Kier molecular flexibility index (Phi) is 6.09. The molecule has 30 heavy (non-hydrogen) atoms. The van der Waals surface area contributed by atoms with Gasteiger partial charge in [-0.2, -0.15) is 0 Å². The van der Waals surface area contributed by atoms with E-state index in [1.54, 1.807) is 37.3 Å². The van der Waals surface area contributed by atoms with E-state index in [9.17, 15) is 27.1 Å². The van der Waals surface area contributed by atoms with Gasteiger partial charge < -0.3 is 5.11 Å². The molecule has 156 valence electrons. The van der Waals surface area contributed by atoms with Gasteiger partial charge in [-0.05, 0) is 23.8 Å². The van der Waals surface area contributed by atoms with Gasteiger partial charge in [0.15, 0.2) is 11.5 Å². The fourth-order valence-corrected chi connectivity index (χ4v) is 4.29. The molecule has 0 saturated carbocycles. The lowest BCUT2D eigenvalue weighted by molar-refractivity contribution is 0.0988. The van der Waals surface area contributed by atoms with E-state index in [4.69, 9.17) is 11.6 Å². The Hall–Kier alpha value is -2.97. The number of nitrogens with one attached hydrogen (secondary N) is 1. The zero-order valence-electron chi connectivity index (χ0n) is 15.6. The van der Waals surface area contributed by atoms with Crippen LogP contribution >= 0.6 is 11.6 Å². The van der Waals surface area contributed by atoms with E-state index >= 15 is 0 Å². The predicted octanol–water partition coefficient (Wildman–Crippen LogP) is 5.38. The molecule has 0 atom stereocenters. The number of phenolic OH excluding ortho intramolecular Hbond substituents is 1. The second-order valence-electron chi connectivity index (χ2n) is 6.36. The number of rotatable bonds is 6. The van der Waals surface area contributed by atoms with E-state index in [0.717, 1.165) is 18.2 Å². The molecule has 0 radical (unpaired) electrons. The van der Waals surface area contributed by atoms with E-state index in [2.05, 4.69) is 0 Å². The quantitative estimate of drug-likeness (QED) is 0.492. The van der Waals surface area contributed by atoms with E-state index in [1.165, 1.54) is 0 Å². The van der Waals surface area contributed by atoms with Crippen LogP contribution < -0.4 is 4.72 Å². The average molecular weight is 452 g/mol. The number of carbonyl (C=O) groups excluding carboxylic acids is 1. The van der Waals surface area contributed by atoms with Crippen LogP contribution in [0.15, 0.2) is 59.5 Å². The molecule has 0 fully saturated rings. The number of benzene rings is 3.